The topological polar surface area (TPSA) is 93.0 Å². The molecule has 112 valence electrons. The van der Waals surface area contributed by atoms with E-state index >= 15 is 0 Å². The highest BCUT2D eigenvalue weighted by atomic mass is 32.2. The van der Waals surface area contributed by atoms with Crippen LogP contribution in [-0.4, -0.2) is 57.3 Å². The predicted molar refractivity (Wildman–Crippen MR) is 72.8 cm³/mol. The molecule has 0 aliphatic carbocycles. The van der Waals surface area contributed by atoms with Gasteiger partial charge in [-0.25, -0.2) is 13.4 Å². The Morgan fingerprint density at radius 2 is 2.10 bits per heavy atom. The number of sulfonamides is 1. The lowest BCUT2D eigenvalue weighted by Gasteiger charge is -2.25. The van der Waals surface area contributed by atoms with Crippen LogP contribution in [0.3, 0.4) is 0 Å². The molecule has 0 amide bonds. The molecule has 20 heavy (non-hydrogen) atoms. The van der Waals surface area contributed by atoms with Crippen molar-refractivity contribution in [3.8, 4) is 0 Å². The Hall–Kier alpha value is -1.22. The molecule has 1 aromatic rings. The van der Waals surface area contributed by atoms with E-state index in [0.717, 1.165) is 5.82 Å². The molecule has 1 aliphatic rings. The zero-order chi connectivity index (χ0) is 14.4. The van der Waals surface area contributed by atoms with Gasteiger partial charge in [0.25, 0.3) is 5.82 Å². The first-order valence-corrected chi connectivity index (χ1v) is 8.03. The van der Waals surface area contributed by atoms with E-state index in [9.17, 15) is 8.42 Å². The van der Waals surface area contributed by atoms with Gasteiger partial charge in [0.1, 0.15) is 11.1 Å². The van der Waals surface area contributed by atoms with Crippen molar-refractivity contribution in [3.63, 3.8) is 0 Å². The average Bonchev–Trinajstić information content (AvgIpc) is 2.49. The minimum absolute atomic E-state index is 0.122. The SMILES string of the molecule is O=S(=O)(c1ccc(NCCCO)[nH+]c1)N1CCOCC1. The van der Waals surface area contributed by atoms with E-state index in [0.29, 0.717) is 39.3 Å². The Balaban J connectivity index is 2.04. The van der Waals surface area contributed by atoms with Crippen LogP contribution in [0.4, 0.5) is 5.82 Å². The minimum atomic E-state index is -3.45. The molecular weight excluding hydrogens is 282 g/mol. The van der Waals surface area contributed by atoms with Crippen molar-refractivity contribution in [1.29, 1.82) is 0 Å². The first kappa shape index (κ1) is 15.2. The number of aliphatic hydroxyl groups is 1. The molecule has 0 aromatic carbocycles. The fourth-order valence-electron chi connectivity index (χ4n) is 1.92. The molecule has 0 radical (unpaired) electrons. The number of anilines is 1. The summed E-state index contributed by atoms with van der Waals surface area (Å²) in [7, 11) is -3.45. The van der Waals surface area contributed by atoms with E-state index in [1.54, 1.807) is 12.1 Å². The maximum Gasteiger partial charge on any atom is 0.272 e. The Kier molecular flexibility index (Phi) is 5.30. The van der Waals surface area contributed by atoms with Crippen molar-refractivity contribution in [2.75, 3.05) is 44.8 Å². The van der Waals surface area contributed by atoms with Gasteiger partial charge in [0.05, 0.1) is 19.8 Å². The molecule has 1 saturated heterocycles. The van der Waals surface area contributed by atoms with E-state index < -0.39 is 10.0 Å². The number of pyridine rings is 1. The highest BCUT2D eigenvalue weighted by molar-refractivity contribution is 7.89. The molecule has 0 unspecified atom stereocenters. The van der Waals surface area contributed by atoms with Crippen LogP contribution in [0.2, 0.25) is 0 Å². The van der Waals surface area contributed by atoms with Crippen molar-refractivity contribution < 1.29 is 23.2 Å². The zero-order valence-corrected chi connectivity index (χ0v) is 12.0. The number of aliphatic hydroxyl groups excluding tert-OH is 1. The summed E-state index contributed by atoms with van der Waals surface area (Å²) in [6, 6.07) is 3.26. The first-order chi connectivity index (χ1) is 9.64. The normalized spacial score (nSPS) is 17.1. The Morgan fingerprint density at radius 3 is 2.70 bits per heavy atom. The van der Waals surface area contributed by atoms with Gasteiger partial charge in [-0.3, -0.25) is 5.32 Å². The lowest BCUT2D eigenvalue weighted by molar-refractivity contribution is -0.364. The number of nitrogens with zero attached hydrogens (tertiary/aromatic N) is 1. The lowest BCUT2D eigenvalue weighted by atomic mass is 10.4. The third kappa shape index (κ3) is 3.66. The summed E-state index contributed by atoms with van der Waals surface area (Å²) < 4.78 is 31.3. The molecule has 8 heteroatoms. The van der Waals surface area contributed by atoms with E-state index in [1.165, 1.54) is 10.5 Å². The number of hydrogen-bond acceptors (Lipinski definition) is 5. The van der Waals surface area contributed by atoms with Crippen LogP contribution in [-0.2, 0) is 14.8 Å². The number of aromatic nitrogens is 1. The first-order valence-electron chi connectivity index (χ1n) is 6.59. The second-order valence-corrected chi connectivity index (χ2v) is 6.40. The van der Waals surface area contributed by atoms with Crippen LogP contribution >= 0.6 is 0 Å². The fourth-order valence-corrected chi connectivity index (χ4v) is 3.29. The van der Waals surface area contributed by atoms with Crippen molar-refractivity contribution >= 4 is 15.8 Å². The molecule has 1 aromatic heterocycles. The van der Waals surface area contributed by atoms with Crippen molar-refractivity contribution in [2.45, 2.75) is 11.3 Å². The van der Waals surface area contributed by atoms with Crippen molar-refractivity contribution in [2.24, 2.45) is 0 Å². The monoisotopic (exact) mass is 302 g/mol. The smallest absolute Gasteiger partial charge is 0.272 e. The molecule has 2 rings (SSSR count). The van der Waals surface area contributed by atoms with Gasteiger partial charge in [-0.1, -0.05) is 0 Å². The van der Waals surface area contributed by atoms with Crippen LogP contribution in [0, 0.1) is 0 Å². The average molecular weight is 302 g/mol. The van der Waals surface area contributed by atoms with E-state index in [-0.39, 0.29) is 11.5 Å². The molecule has 0 bridgehead atoms. The summed E-state index contributed by atoms with van der Waals surface area (Å²) in [6.07, 6.45) is 2.12. The summed E-state index contributed by atoms with van der Waals surface area (Å²) >= 11 is 0. The standard InChI is InChI=1S/C12H19N3O4S/c16-7-1-4-13-12-3-2-11(10-14-12)20(17,18)15-5-8-19-9-6-15/h2-3,10,16H,1,4-9H2,(H,13,14)/p+1. The van der Waals surface area contributed by atoms with Gasteiger partial charge in [-0.05, 0) is 6.07 Å². The van der Waals surface area contributed by atoms with Crippen LogP contribution in [0.1, 0.15) is 6.42 Å². The Bertz CT molecular complexity index is 512. The Labute approximate surface area is 118 Å². The number of ether oxygens (including phenoxy) is 1. The molecule has 0 saturated carbocycles. The highest BCUT2D eigenvalue weighted by Gasteiger charge is 2.27. The van der Waals surface area contributed by atoms with Gasteiger partial charge in [0.15, 0.2) is 0 Å². The summed E-state index contributed by atoms with van der Waals surface area (Å²) in [5.41, 5.74) is 0. The van der Waals surface area contributed by atoms with Crippen LogP contribution < -0.4 is 10.3 Å². The largest absolute Gasteiger partial charge is 0.396 e. The van der Waals surface area contributed by atoms with Gasteiger partial charge in [0, 0.05) is 32.2 Å². The van der Waals surface area contributed by atoms with E-state index in [1.807, 2.05) is 0 Å². The fraction of sp³-hybridized carbons (Fsp3) is 0.583. The van der Waals surface area contributed by atoms with Crippen LogP contribution in [0.25, 0.3) is 0 Å². The van der Waals surface area contributed by atoms with Gasteiger partial charge in [0.2, 0.25) is 10.0 Å². The zero-order valence-electron chi connectivity index (χ0n) is 11.2. The van der Waals surface area contributed by atoms with Gasteiger partial charge >= 0.3 is 0 Å². The second-order valence-electron chi connectivity index (χ2n) is 4.46. The molecule has 0 spiro atoms. The number of hydrogen-bond donors (Lipinski definition) is 2. The summed E-state index contributed by atoms with van der Waals surface area (Å²) in [5.74, 6) is 0.722. The van der Waals surface area contributed by atoms with Gasteiger partial charge < -0.3 is 9.84 Å². The second kappa shape index (κ2) is 6.98. The summed E-state index contributed by atoms with van der Waals surface area (Å²) in [5, 5.41) is 11.8. The minimum Gasteiger partial charge on any atom is -0.396 e. The van der Waals surface area contributed by atoms with Crippen LogP contribution in [0.5, 0.6) is 0 Å². The summed E-state index contributed by atoms with van der Waals surface area (Å²) in [4.78, 5) is 3.15. The van der Waals surface area contributed by atoms with Gasteiger partial charge in [-0.15, -0.1) is 0 Å². The van der Waals surface area contributed by atoms with Crippen molar-refractivity contribution in [3.05, 3.63) is 18.3 Å². The van der Waals surface area contributed by atoms with Crippen LogP contribution in [0.15, 0.2) is 23.2 Å². The number of H-pyrrole nitrogens is 1. The maximum atomic E-state index is 12.4. The lowest BCUT2D eigenvalue weighted by Crippen LogP contribution is -2.40. The molecule has 1 aliphatic heterocycles. The van der Waals surface area contributed by atoms with Gasteiger partial charge in [-0.2, -0.15) is 4.31 Å². The summed E-state index contributed by atoms with van der Waals surface area (Å²) in [6.45, 7) is 2.39. The van der Waals surface area contributed by atoms with Crippen molar-refractivity contribution in [1.82, 2.24) is 4.31 Å². The maximum absolute atomic E-state index is 12.4. The third-order valence-corrected chi connectivity index (χ3v) is 4.94. The van der Waals surface area contributed by atoms with E-state index in [4.69, 9.17) is 9.84 Å². The number of aromatic amines is 1. The highest BCUT2D eigenvalue weighted by Crippen LogP contribution is 2.15. The predicted octanol–water partition coefficient (Wildman–Crippen LogP) is -0.684. The number of morpholine rings is 1. The molecule has 2 heterocycles. The number of rotatable bonds is 6. The molecule has 0 atom stereocenters. The molecular formula is C12H20N3O4S+. The number of nitrogens with one attached hydrogen (secondary N) is 2. The van der Waals surface area contributed by atoms with E-state index in [2.05, 4.69) is 10.3 Å². The molecule has 3 N–H and O–H groups in total. The molecule has 7 nitrogen and oxygen atoms in total. The quantitative estimate of drug-likeness (QED) is 0.679. The Morgan fingerprint density at radius 1 is 1.35 bits per heavy atom. The third-order valence-electron chi connectivity index (χ3n) is 3.04. The molecule has 1 fully saturated rings.